The van der Waals surface area contributed by atoms with E-state index in [9.17, 15) is 0 Å². The maximum absolute atomic E-state index is 4.58. The summed E-state index contributed by atoms with van der Waals surface area (Å²) in [5, 5.41) is 1.11. The van der Waals surface area contributed by atoms with E-state index in [0.717, 1.165) is 30.1 Å². The van der Waals surface area contributed by atoms with Crippen molar-refractivity contribution in [3.8, 4) is 0 Å². The number of nitrogens with zero attached hydrogens (tertiary/aromatic N) is 2. The first-order valence-corrected chi connectivity index (χ1v) is 5.31. The molecule has 0 amide bonds. The lowest BCUT2D eigenvalue weighted by Gasteiger charge is -2.20. The van der Waals surface area contributed by atoms with Gasteiger partial charge in [0.2, 0.25) is 0 Å². The molecule has 1 aliphatic heterocycles. The summed E-state index contributed by atoms with van der Waals surface area (Å²) in [5.41, 5.74) is 2.35. The van der Waals surface area contributed by atoms with Crippen molar-refractivity contribution >= 4 is 16.9 Å². The molecule has 2 heterocycles. The molecular formula is C10H14N2S. The Morgan fingerprint density at radius 2 is 2.38 bits per heavy atom. The van der Waals surface area contributed by atoms with E-state index in [1.165, 1.54) is 10.6 Å². The Morgan fingerprint density at radius 3 is 3.08 bits per heavy atom. The van der Waals surface area contributed by atoms with Crippen molar-refractivity contribution in [3.63, 3.8) is 0 Å². The van der Waals surface area contributed by atoms with Crippen LogP contribution in [0.3, 0.4) is 0 Å². The molecule has 0 N–H and O–H groups in total. The van der Waals surface area contributed by atoms with Gasteiger partial charge in [-0.3, -0.25) is 0 Å². The SMILES string of the molecule is C=C(C)c1nc2c(s1)CCN(C)C2. The van der Waals surface area contributed by atoms with Gasteiger partial charge >= 0.3 is 0 Å². The van der Waals surface area contributed by atoms with Crippen LogP contribution in [0.25, 0.3) is 5.57 Å². The average molecular weight is 194 g/mol. The highest BCUT2D eigenvalue weighted by atomic mass is 32.1. The van der Waals surface area contributed by atoms with Crippen LogP contribution in [0.15, 0.2) is 6.58 Å². The van der Waals surface area contributed by atoms with Crippen LogP contribution in [0, 0.1) is 0 Å². The van der Waals surface area contributed by atoms with Gasteiger partial charge in [0.15, 0.2) is 0 Å². The first-order chi connectivity index (χ1) is 6.16. The van der Waals surface area contributed by atoms with Crippen LogP contribution in [-0.2, 0) is 13.0 Å². The Labute approximate surface area is 82.9 Å². The number of hydrogen-bond acceptors (Lipinski definition) is 3. The monoisotopic (exact) mass is 194 g/mol. The zero-order chi connectivity index (χ0) is 9.42. The maximum Gasteiger partial charge on any atom is 0.119 e. The number of aromatic nitrogens is 1. The first-order valence-electron chi connectivity index (χ1n) is 4.50. The third-order valence-corrected chi connectivity index (χ3v) is 3.60. The van der Waals surface area contributed by atoms with E-state index in [-0.39, 0.29) is 0 Å². The van der Waals surface area contributed by atoms with Crippen molar-refractivity contribution in [1.29, 1.82) is 0 Å². The zero-order valence-corrected chi connectivity index (χ0v) is 8.95. The second-order valence-corrected chi connectivity index (χ2v) is 4.74. The van der Waals surface area contributed by atoms with E-state index in [1.54, 1.807) is 0 Å². The van der Waals surface area contributed by atoms with E-state index in [1.807, 2.05) is 18.3 Å². The highest BCUT2D eigenvalue weighted by molar-refractivity contribution is 7.12. The molecule has 0 fully saturated rings. The Morgan fingerprint density at radius 1 is 1.62 bits per heavy atom. The molecule has 0 aliphatic carbocycles. The maximum atomic E-state index is 4.58. The van der Waals surface area contributed by atoms with Crippen LogP contribution < -0.4 is 0 Å². The van der Waals surface area contributed by atoms with Gasteiger partial charge in [-0.2, -0.15) is 0 Å². The largest absolute Gasteiger partial charge is 0.300 e. The van der Waals surface area contributed by atoms with E-state index < -0.39 is 0 Å². The van der Waals surface area contributed by atoms with Gasteiger partial charge in [-0.1, -0.05) is 6.58 Å². The molecule has 2 nitrogen and oxygen atoms in total. The summed E-state index contributed by atoms with van der Waals surface area (Å²) in [6, 6.07) is 0. The fourth-order valence-electron chi connectivity index (χ4n) is 1.51. The Kier molecular flexibility index (Phi) is 2.22. The Bertz CT molecular complexity index is 341. The van der Waals surface area contributed by atoms with Crippen LogP contribution in [0.1, 0.15) is 22.5 Å². The molecule has 2 rings (SSSR count). The third kappa shape index (κ3) is 1.67. The Balaban J connectivity index is 2.33. The van der Waals surface area contributed by atoms with Gasteiger partial charge in [-0.15, -0.1) is 11.3 Å². The predicted octanol–water partition coefficient (Wildman–Crippen LogP) is 2.16. The number of fused-ring (bicyclic) bond motifs is 1. The van der Waals surface area contributed by atoms with Gasteiger partial charge in [-0.25, -0.2) is 4.98 Å². The lowest BCUT2D eigenvalue weighted by molar-refractivity contribution is 0.311. The number of thiazole rings is 1. The van der Waals surface area contributed by atoms with Gasteiger partial charge in [-0.05, 0) is 26.0 Å². The Hall–Kier alpha value is -0.670. The van der Waals surface area contributed by atoms with Crippen molar-refractivity contribution in [2.24, 2.45) is 0 Å². The predicted molar refractivity (Wildman–Crippen MR) is 56.9 cm³/mol. The van der Waals surface area contributed by atoms with E-state index in [0.29, 0.717) is 0 Å². The molecule has 0 unspecified atom stereocenters. The van der Waals surface area contributed by atoms with Crippen LogP contribution in [-0.4, -0.2) is 23.5 Å². The molecule has 1 aliphatic rings. The quantitative estimate of drug-likeness (QED) is 0.681. The molecule has 3 heteroatoms. The molecule has 0 saturated heterocycles. The van der Waals surface area contributed by atoms with Gasteiger partial charge in [0, 0.05) is 18.0 Å². The number of rotatable bonds is 1. The summed E-state index contributed by atoms with van der Waals surface area (Å²) in [5.74, 6) is 0. The van der Waals surface area contributed by atoms with Crippen molar-refractivity contribution < 1.29 is 0 Å². The topological polar surface area (TPSA) is 16.1 Å². The minimum Gasteiger partial charge on any atom is -0.300 e. The average Bonchev–Trinajstić information content (AvgIpc) is 2.46. The highest BCUT2D eigenvalue weighted by Gasteiger charge is 2.17. The summed E-state index contributed by atoms with van der Waals surface area (Å²) >= 11 is 1.81. The second kappa shape index (κ2) is 3.24. The number of hydrogen-bond donors (Lipinski definition) is 0. The fourth-order valence-corrected chi connectivity index (χ4v) is 2.50. The van der Waals surface area contributed by atoms with Crippen molar-refractivity contribution in [1.82, 2.24) is 9.88 Å². The van der Waals surface area contributed by atoms with Gasteiger partial charge in [0.25, 0.3) is 0 Å². The molecule has 1 aromatic heterocycles. The summed E-state index contributed by atoms with van der Waals surface area (Å²) in [6.45, 7) is 8.10. The van der Waals surface area contributed by atoms with Crippen LogP contribution in [0.4, 0.5) is 0 Å². The molecular weight excluding hydrogens is 180 g/mol. The lowest BCUT2D eigenvalue weighted by Crippen LogP contribution is -2.25. The minimum absolute atomic E-state index is 0.999. The van der Waals surface area contributed by atoms with Crippen LogP contribution in [0.2, 0.25) is 0 Å². The third-order valence-electron chi connectivity index (χ3n) is 2.28. The van der Waals surface area contributed by atoms with E-state index in [2.05, 4.69) is 23.5 Å². The molecule has 70 valence electrons. The highest BCUT2D eigenvalue weighted by Crippen LogP contribution is 2.27. The molecule has 0 atom stereocenters. The van der Waals surface area contributed by atoms with Gasteiger partial charge in [0.1, 0.15) is 5.01 Å². The second-order valence-electron chi connectivity index (χ2n) is 3.66. The van der Waals surface area contributed by atoms with E-state index in [4.69, 9.17) is 0 Å². The minimum atomic E-state index is 0.999. The van der Waals surface area contributed by atoms with Crippen LogP contribution in [0.5, 0.6) is 0 Å². The molecule has 0 aromatic carbocycles. The normalized spacial score (nSPS) is 17.1. The number of likely N-dealkylation sites (N-methyl/N-ethyl adjacent to an activating group) is 1. The molecule has 1 aromatic rings. The van der Waals surface area contributed by atoms with Crippen molar-refractivity contribution in [2.45, 2.75) is 19.9 Å². The summed E-state index contributed by atoms with van der Waals surface area (Å²) in [6.07, 6.45) is 1.15. The molecule has 0 spiro atoms. The molecule has 0 saturated carbocycles. The molecule has 13 heavy (non-hydrogen) atoms. The fraction of sp³-hybridized carbons (Fsp3) is 0.500. The standard InChI is InChI=1S/C10H14N2S/c1-7(2)10-11-8-6-12(3)5-4-9(8)13-10/h1,4-6H2,2-3H3. The van der Waals surface area contributed by atoms with Crippen molar-refractivity contribution in [2.75, 3.05) is 13.6 Å². The summed E-state index contributed by atoms with van der Waals surface area (Å²) in [4.78, 5) is 8.34. The smallest absolute Gasteiger partial charge is 0.119 e. The van der Waals surface area contributed by atoms with Gasteiger partial charge in [0.05, 0.1) is 5.69 Å². The summed E-state index contributed by atoms with van der Waals surface area (Å²) in [7, 11) is 2.14. The first kappa shape index (κ1) is 8.91. The molecule has 0 radical (unpaired) electrons. The zero-order valence-electron chi connectivity index (χ0n) is 8.13. The van der Waals surface area contributed by atoms with Crippen LogP contribution >= 0.6 is 11.3 Å². The van der Waals surface area contributed by atoms with Gasteiger partial charge < -0.3 is 4.90 Å². The number of allylic oxidation sites excluding steroid dienone is 1. The lowest BCUT2D eigenvalue weighted by atomic mass is 10.2. The molecule has 0 bridgehead atoms. The summed E-state index contributed by atoms with van der Waals surface area (Å²) < 4.78 is 0. The van der Waals surface area contributed by atoms with Crippen molar-refractivity contribution in [3.05, 3.63) is 22.2 Å². The van der Waals surface area contributed by atoms with E-state index >= 15 is 0 Å².